The molecule has 1 fully saturated rings. The van der Waals surface area contributed by atoms with Crippen molar-refractivity contribution in [3.63, 3.8) is 0 Å². The van der Waals surface area contributed by atoms with Gasteiger partial charge in [-0.3, -0.25) is 0 Å². The van der Waals surface area contributed by atoms with E-state index in [0.29, 0.717) is 11.7 Å². The summed E-state index contributed by atoms with van der Waals surface area (Å²) >= 11 is 0. The first-order chi connectivity index (χ1) is 13.7. The Morgan fingerprint density at radius 3 is 2.04 bits per heavy atom. The fourth-order valence-corrected chi connectivity index (χ4v) is 4.14. The SMILES string of the molecule is C=CC[C@H]1CC[C@H](c2ccc(-c3cnc(-c4ccc(F)cc4)nc3)cc2)CC1. The molecule has 3 aromatic rings. The second-order valence-corrected chi connectivity index (χ2v) is 7.67. The Hall–Kier alpha value is -2.81. The summed E-state index contributed by atoms with van der Waals surface area (Å²) in [6, 6.07) is 15.1. The summed E-state index contributed by atoms with van der Waals surface area (Å²) in [5.41, 5.74) is 4.36. The second-order valence-electron chi connectivity index (χ2n) is 7.67. The van der Waals surface area contributed by atoms with Gasteiger partial charge < -0.3 is 0 Å². The van der Waals surface area contributed by atoms with E-state index >= 15 is 0 Å². The number of rotatable bonds is 5. The zero-order valence-corrected chi connectivity index (χ0v) is 16.0. The molecule has 0 amide bonds. The van der Waals surface area contributed by atoms with E-state index in [-0.39, 0.29) is 5.82 Å². The van der Waals surface area contributed by atoms with Gasteiger partial charge in [0.1, 0.15) is 5.82 Å². The Balaban J connectivity index is 1.44. The highest BCUT2D eigenvalue weighted by atomic mass is 19.1. The zero-order valence-electron chi connectivity index (χ0n) is 16.0. The second kappa shape index (κ2) is 8.47. The van der Waals surface area contributed by atoms with Gasteiger partial charge in [-0.2, -0.15) is 0 Å². The Labute approximate surface area is 166 Å². The van der Waals surface area contributed by atoms with Gasteiger partial charge >= 0.3 is 0 Å². The van der Waals surface area contributed by atoms with E-state index in [2.05, 4.69) is 46.9 Å². The van der Waals surface area contributed by atoms with Gasteiger partial charge in [0.25, 0.3) is 0 Å². The molecule has 0 N–H and O–H groups in total. The number of hydrogen-bond acceptors (Lipinski definition) is 2. The molecule has 1 aromatic heterocycles. The van der Waals surface area contributed by atoms with Crippen molar-refractivity contribution in [1.29, 1.82) is 0 Å². The molecule has 1 saturated carbocycles. The molecule has 0 saturated heterocycles. The molecule has 0 unspecified atom stereocenters. The van der Waals surface area contributed by atoms with Crippen LogP contribution in [-0.2, 0) is 0 Å². The predicted octanol–water partition coefficient (Wildman–Crippen LogP) is 6.80. The Bertz CT molecular complexity index is 906. The summed E-state index contributed by atoms with van der Waals surface area (Å²) in [7, 11) is 0. The molecule has 142 valence electrons. The van der Waals surface area contributed by atoms with Gasteiger partial charge in [-0.25, -0.2) is 14.4 Å². The number of hydrogen-bond donors (Lipinski definition) is 0. The van der Waals surface area contributed by atoms with Crippen LogP contribution < -0.4 is 0 Å². The number of halogens is 1. The maximum Gasteiger partial charge on any atom is 0.159 e. The maximum atomic E-state index is 13.1. The fourth-order valence-electron chi connectivity index (χ4n) is 4.14. The van der Waals surface area contributed by atoms with Crippen molar-refractivity contribution >= 4 is 0 Å². The lowest BCUT2D eigenvalue weighted by Gasteiger charge is -2.28. The summed E-state index contributed by atoms with van der Waals surface area (Å²) in [6.45, 7) is 3.87. The van der Waals surface area contributed by atoms with Crippen LogP contribution >= 0.6 is 0 Å². The fraction of sp³-hybridized carbons (Fsp3) is 0.280. The van der Waals surface area contributed by atoms with Crippen LogP contribution in [0, 0.1) is 11.7 Å². The largest absolute Gasteiger partial charge is 0.236 e. The zero-order chi connectivity index (χ0) is 19.3. The van der Waals surface area contributed by atoms with Crippen molar-refractivity contribution in [3.05, 3.63) is 85.0 Å². The van der Waals surface area contributed by atoms with Gasteiger partial charge in [-0.1, -0.05) is 30.3 Å². The summed E-state index contributed by atoms with van der Waals surface area (Å²) in [5, 5.41) is 0. The molecule has 0 radical (unpaired) electrons. The van der Waals surface area contributed by atoms with Gasteiger partial charge in [0.05, 0.1) is 0 Å². The monoisotopic (exact) mass is 372 g/mol. The first-order valence-electron chi connectivity index (χ1n) is 10.0. The highest BCUT2D eigenvalue weighted by Crippen LogP contribution is 2.37. The van der Waals surface area contributed by atoms with Crippen LogP contribution in [0.4, 0.5) is 4.39 Å². The van der Waals surface area contributed by atoms with Crippen LogP contribution in [0.1, 0.15) is 43.6 Å². The average molecular weight is 372 g/mol. The van der Waals surface area contributed by atoms with E-state index in [4.69, 9.17) is 0 Å². The third-order valence-corrected chi connectivity index (χ3v) is 5.82. The highest BCUT2D eigenvalue weighted by Gasteiger charge is 2.21. The lowest BCUT2D eigenvalue weighted by molar-refractivity contribution is 0.328. The van der Waals surface area contributed by atoms with Crippen molar-refractivity contribution in [2.75, 3.05) is 0 Å². The third kappa shape index (κ3) is 4.19. The minimum absolute atomic E-state index is 0.255. The maximum absolute atomic E-state index is 13.1. The van der Waals surface area contributed by atoms with Crippen molar-refractivity contribution in [2.24, 2.45) is 5.92 Å². The summed E-state index contributed by atoms with van der Waals surface area (Å²) in [6.07, 6.45) is 12.0. The Morgan fingerprint density at radius 2 is 1.43 bits per heavy atom. The van der Waals surface area contributed by atoms with E-state index in [0.717, 1.165) is 29.0 Å². The minimum atomic E-state index is -0.255. The van der Waals surface area contributed by atoms with Crippen LogP contribution in [0.25, 0.3) is 22.5 Å². The van der Waals surface area contributed by atoms with E-state index in [1.54, 1.807) is 12.1 Å². The quantitative estimate of drug-likeness (QED) is 0.460. The topological polar surface area (TPSA) is 25.8 Å². The van der Waals surface area contributed by atoms with Gasteiger partial charge in [0.2, 0.25) is 0 Å². The van der Waals surface area contributed by atoms with Crippen LogP contribution in [0.2, 0.25) is 0 Å². The van der Waals surface area contributed by atoms with Gasteiger partial charge in [0.15, 0.2) is 5.82 Å². The molecule has 1 aliphatic carbocycles. The molecule has 28 heavy (non-hydrogen) atoms. The van der Waals surface area contributed by atoms with E-state index < -0.39 is 0 Å². The minimum Gasteiger partial charge on any atom is -0.236 e. The Kier molecular flexibility index (Phi) is 5.61. The molecule has 0 spiro atoms. The molecule has 2 nitrogen and oxygen atoms in total. The molecule has 0 aliphatic heterocycles. The molecule has 0 atom stereocenters. The molecule has 0 bridgehead atoms. The molecule has 2 aromatic carbocycles. The summed E-state index contributed by atoms with van der Waals surface area (Å²) < 4.78 is 13.1. The first-order valence-corrected chi connectivity index (χ1v) is 10.0. The highest BCUT2D eigenvalue weighted by molar-refractivity contribution is 5.64. The molecular weight excluding hydrogens is 347 g/mol. The predicted molar refractivity (Wildman–Crippen MR) is 112 cm³/mol. The van der Waals surface area contributed by atoms with Crippen LogP contribution in [-0.4, -0.2) is 9.97 Å². The lowest BCUT2D eigenvalue weighted by Crippen LogP contribution is -2.12. The van der Waals surface area contributed by atoms with Gasteiger partial charge in [-0.05, 0) is 79.3 Å². The Morgan fingerprint density at radius 1 is 0.821 bits per heavy atom. The number of allylic oxidation sites excluding steroid dienone is 1. The van der Waals surface area contributed by atoms with Crippen molar-refractivity contribution in [2.45, 2.75) is 38.0 Å². The molecule has 1 aliphatic rings. The third-order valence-electron chi connectivity index (χ3n) is 5.82. The van der Waals surface area contributed by atoms with Gasteiger partial charge in [0, 0.05) is 23.5 Å². The average Bonchev–Trinajstić information content (AvgIpc) is 2.75. The number of nitrogens with zero attached hydrogens (tertiary/aromatic N) is 2. The van der Waals surface area contributed by atoms with Crippen molar-refractivity contribution in [3.8, 4) is 22.5 Å². The molecule has 1 heterocycles. The van der Waals surface area contributed by atoms with Crippen LogP contribution in [0.3, 0.4) is 0 Å². The summed E-state index contributed by atoms with van der Waals surface area (Å²) in [5.74, 6) is 1.85. The van der Waals surface area contributed by atoms with Crippen molar-refractivity contribution < 1.29 is 4.39 Å². The number of benzene rings is 2. The molecule has 3 heteroatoms. The van der Waals surface area contributed by atoms with E-state index in [9.17, 15) is 4.39 Å². The standard InChI is InChI=1S/C25H25FN2/c1-2-3-18-4-6-19(7-5-18)20-8-10-21(11-9-20)23-16-27-25(28-17-23)22-12-14-24(26)15-13-22/h2,8-19H,1,3-7H2/t18-,19-. The molecular formula is C25H25FN2. The van der Waals surface area contributed by atoms with Gasteiger partial charge in [-0.15, -0.1) is 6.58 Å². The normalized spacial score (nSPS) is 19.3. The smallest absolute Gasteiger partial charge is 0.159 e. The summed E-state index contributed by atoms with van der Waals surface area (Å²) in [4.78, 5) is 8.90. The van der Waals surface area contributed by atoms with E-state index in [1.165, 1.54) is 43.4 Å². The van der Waals surface area contributed by atoms with Crippen molar-refractivity contribution in [1.82, 2.24) is 9.97 Å². The van der Waals surface area contributed by atoms with Crippen LogP contribution in [0.5, 0.6) is 0 Å². The lowest BCUT2D eigenvalue weighted by atomic mass is 9.77. The van der Waals surface area contributed by atoms with Crippen LogP contribution in [0.15, 0.2) is 73.6 Å². The first kappa shape index (κ1) is 18.5. The van der Waals surface area contributed by atoms with E-state index in [1.807, 2.05) is 12.4 Å². The molecule has 4 rings (SSSR count). The number of aromatic nitrogens is 2.